The van der Waals surface area contributed by atoms with Gasteiger partial charge in [0.05, 0.1) is 0 Å². The van der Waals surface area contributed by atoms with Gasteiger partial charge in [0.25, 0.3) is 0 Å². The average molecular weight is 267 g/mol. The van der Waals surface area contributed by atoms with E-state index < -0.39 is 0 Å². The number of nitrogens with zero attached hydrogens (tertiary/aromatic N) is 3. The van der Waals surface area contributed by atoms with Gasteiger partial charge in [-0.25, -0.2) is 20.6 Å². The maximum Gasteiger partial charge on any atom is 0.316 e. The second-order valence-electron chi connectivity index (χ2n) is 4.29. The molecule has 0 aliphatic rings. The van der Waals surface area contributed by atoms with Gasteiger partial charge in [-0.3, -0.25) is 0 Å². The van der Waals surface area contributed by atoms with Gasteiger partial charge >= 0.3 is 6.03 Å². The fraction of sp³-hybridized carbons (Fsp3) is 0.545. The second-order valence-corrected chi connectivity index (χ2v) is 4.29. The van der Waals surface area contributed by atoms with E-state index in [4.69, 9.17) is 5.84 Å². The van der Waals surface area contributed by atoms with Crippen molar-refractivity contribution in [3.63, 3.8) is 0 Å². The molecule has 0 saturated carbocycles. The van der Waals surface area contributed by atoms with E-state index in [1.807, 2.05) is 6.92 Å². The molecule has 19 heavy (non-hydrogen) atoms. The van der Waals surface area contributed by atoms with Gasteiger partial charge in [0, 0.05) is 32.7 Å². The Labute approximate surface area is 112 Å². The lowest BCUT2D eigenvalue weighted by Crippen LogP contribution is -2.37. The van der Waals surface area contributed by atoms with Crippen molar-refractivity contribution in [3.05, 3.63) is 11.4 Å². The molecule has 8 nitrogen and oxygen atoms in total. The number of hydrogen-bond acceptors (Lipinski definition) is 6. The zero-order valence-corrected chi connectivity index (χ0v) is 11.7. The van der Waals surface area contributed by atoms with Crippen LogP contribution in [0.25, 0.3) is 0 Å². The summed E-state index contributed by atoms with van der Waals surface area (Å²) >= 11 is 0. The molecule has 1 aromatic rings. The number of anilines is 2. The molecule has 2 amide bonds. The van der Waals surface area contributed by atoms with Gasteiger partial charge in [-0.1, -0.05) is 0 Å². The minimum absolute atomic E-state index is 0.123. The second kappa shape index (κ2) is 6.74. The number of carbonyl (C=O) groups excluding carboxylic acids is 1. The highest BCUT2D eigenvalue weighted by molar-refractivity contribution is 5.73. The molecule has 0 aliphatic heterocycles. The van der Waals surface area contributed by atoms with Gasteiger partial charge < -0.3 is 21.0 Å². The molecule has 0 saturated heterocycles. The molecule has 0 aliphatic carbocycles. The van der Waals surface area contributed by atoms with Gasteiger partial charge in [0.2, 0.25) is 0 Å². The first-order chi connectivity index (χ1) is 8.95. The molecule has 1 heterocycles. The van der Waals surface area contributed by atoms with Crippen molar-refractivity contribution in [3.8, 4) is 0 Å². The van der Waals surface area contributed by atoms with E-state index in [0.717, 1.165) is 5.56 Å². The lowest BCUT2D eigenvalue weighted by atomic mass is 10.3. The van der Waals surface area contributed by atoms with E-state index in [1.165, 1.54) is 4.90 Å². The Morgan fingerprint density at radius 3 is 2.42 bits per heavy atom. The third kappa shape index (κ3) is 4.25. The molecule has 0 radical (unpaired) electrons. The average Bonchev–Trinajstić information content (AvgIpc) is 2.37. The summed E-state index contributed by atoms with van der Waals surface area (Å²) in [7, 11) is 3.39. The van der Waals surface area contributed by atoms with E-state index in [9.17, 15) is 4.79 Å². The van der Waals surface area contributed by atoms with Gasteiger partial charge in [0.15, 0.2) is 0 Å². The van der Waals surface area contributed by atoms with Crippen LogP contribution >= 0.6 is 0 Å². The number of aryl methyl sites for hydroxylation is 1. The smallest absolute Gasteiger partial charge is 0.316 e. The minimum atomic E-state index is -0.123. The Bertz CT molecular complexity index is 447. The van der Waals surface area contributed by atoms with Crippen LogP contribution < -0.4 is 21.9 Å². The van der Waals surface area contributed by atoms with Gasteiger partial charge in [-0.15, -0.1) is 0 Å². The molecule has 5 N–H and O–H groups in total. The number of rotatable bonds is 5. The quantitative estimate of drug-likeness (QED) is 0.341. The topological polar surface area (TPSA) is 108 Å². The van der Waals surface area contributed by atoms with Crippen molar-refractivity contribution >= 4 is 17.7 Å². The Kier molecular flexibility index (Phi) is 5.31. The minimum Gasteiger partial charge on any atom is -0.368 e. The number of urea groups is 1. The summed E-state index contributed by atoms with van der Waals surface area (Å²) in [6.45, 7) is 4.74. The fourth-order valence-electron chi connectivity index (χ4n) is 1.45. The number of carbonyl (C=O) groups is 1. The number of hydrazine groups is 1. The largest absolute Gasteiger partial charge is 0.368 e. The molecular weight excluding hydrogens is 246 g/mol. The number of hydrogen-bond donors (Lipinski definition) is 4. The van der Waals surface area contributed by atoms with E-state index in [0.29, 0.717) is 30.5 Å². The molecular formula is C11H21N7O. The predicted octanol–water partition coefficient (Wildman–Crippen LogP) is 0.0621. The first-order valence-electron chi connectivity index (χ1n) is 5.96. The van der Waals surface area contributed by atoms with Crippen LogP contribution in [0.1, 0.15) is 11.4 Å². The van der Waals surface area contributed by atoms with Crippen LogP contribution in [-0.4, -0.2) is 48.1 Å². The summed E-state index contributed by atoms with van der Waals surface area (Å²) in [6, 6.07) is -0.123. The predicted molar refractivity (Wildman–Crippen MR) is 74.9 cm³/mol. The maximum atomic E-state index is 11.3. The SMILES string of the molecule is Cc1nc(NN)c(C)c(NCCNC(=O)N(C)C)n1. The molecule has 0 spiro atoms. The van der Waals surface area contributed by atoms with Crippen molar-refractivity contribution in [2.75, 3.05) is 37.9 Å². The number of nitrogens with two attached hydrogens (primary N) is 1. The number of nitrogen functional groups attached to an aromatic ring is 1. The molecule has 0 bridgehead atoms. The Balaban J connectivity index is 2.54. The van der Waals surface area contributed by atoms with E-state index >= 15 is 0 Å². The summed E-state index contributed by atoms with van der Waals surface area (Å²) < 4.78 is 0. The summed E-state index contributed by atoms with van der Waals surface area (Å²) in [6.07, 6.45) is 0. The lowest BCUT2D eigenvalue weighted by Gasteiger charge is -2.14. The van der Waals surface area contributed by atoms with Crippen LogP contribution in [0.5, 0.6) is 0 Å². The molecule has 106 valence electrons. The van der Waals surface area contributed by atoms with Crippen molar-refractivity contribution in [1.29, 1.82) is 0 Å². The van der Waals surface area contributed by atoms with Crippen LogP contribution in [0.4, 0.5) is 16.4 Å². The third-order valence-electron chi connectivity index (χ3n) is 2.49. The first-order valence-corrected chi connectivity index (χ1v) is 5.96. The molecule has 0 aromatic carbocycles. The molecule has 1 rings (SSSR count). The van der Waals surface area contributed by atoms with Crippen molar-refractivity contribution in [2.24, 2.45) is 5.84 Å². The first kappa shape index (κ1) is 15.0. The summed E-state index contributed by atoms with van der Waals surface area (Å²) in [5, 5.41) is 5.90. The zero-order chi connectivity index (χ0) is 14.4. The van der Waals surface area contributed by atoms with E-state index in [2.05, 4.69) is 26.0 Å². The Morgan fingerprint density at radius 1 is 1.21 bits per heavy atom. The van der Waals surface area contributed by atoms with Crippen LogP contribution in [0.15, 0.2) is 0 Å². The van der Waals surface area contributed by atoms with Crippen LogP contribution in [-0.2, 0) is 0 Å². The van der Waals surface area contributed by atoms with E-state index in [-0.39, 0.29) is 6.03 Å². The molecule has 8 heteroatoms. The van der Waals surface area contributed by atoms with Gasteiger partial charge in [-0.2, -0.15) is 0 Å². The van der Waals surface area contributed by atoms with Crippen LogP contribution in [0, 0.1) is 13.8 Å². The number of amides is 2. The highest BCUT2D eigenvalue weighted by Crippen LogP contribution is 2.18. The maximum absolute atomic E-state index is 11.3. The number of nitrogens with one attached hydrogen (secondary N) is 3. The summed E-state index contributed by atoms with van der Waals surface area (Å²) in [5.41, 5.74) is 3.37. The van der Waals surface area contributed by atoms with Crippen molar-refractivity contribution < 1.29 is 4.79 Å². The highest BCUT2D eigenvalue weighted by atomic mass is 16.2. The standard InChI is InChI=1S/C11H21N7O/c1-7-9(15-8(2)16-10(7)17-12)13-5-6-14-11(19)18(3)4/h5-6,12H2,1-4H3,(H,14,19)(H2,13,15,16,17). The van der Waals surface area contributed by atoms with Crippen molar-refractivity contribution in [1.82, 2.24) is 20.2 Å². The van der Waals surface area contributed by atoms with Gasteiger partial charge in [-0.05, 0) is 13.8 Å². The Morgan fingerprint density at radius 2 is 1.84 bits per heavy atom. The number of aromatic nitrogens is 2. The molecule has 0 unspecified atom stereocenters. The van der Waals surface area contributed by atoms with E-state index in [1.54, 1.807) is 21.0 Å². The fourth-order valence-corrected chi connectivity index (χ4v) is 1.45. The Hall–Kier alpha value is -2.09. The summed E-state index contributed by atoms with van der Waals surface area (Å²) in [5.74, 6) is 7.31. The normalized spacial score (nSPS) is 9.95. The van der Waals surface area contributed by atoms with Crippen molar-refractivity contribution in [2.45, 2.75) is 13.8 Å². The molecule has 1 aromatic heterocycles. The van der Waals surface area contributed by atoms with Crippen LogP contribution in [0.2, 0.25) is 0 Å². The zero-order valence-electron chi connectivity index (χ0n) is 11.7. The van der Waals surface area contributed by atoms with Gasteiger partial charge in [0.1, 0.15) is 17.5 Å². The van der Waals surface area contributed by atoms with Crippen LogP contribution in [0.3, 0.4) is 0 Å². The third-order valence-corrected chi connectivity index (χ3v) is 2.49. The monoisotopic (exact) mass is 267 g/mol. The molecule has 0 atom stereocenters. The molecule has 0 fully saturated rings. The highest BCUT2D eigenvalue weighted by Gasteiger charge is 2.08. The lowest BCUT2D eigenvalue weighted by molar-refractivity contribution is 0.218. The summed E-state index contributed by atoms with van der Waals surface area (Å²) in [4.78, 5) is 21.3.